The van der Waals surface area contributed by atoms with Gasteiger partial charge in [-0.3, -0.25) is 14.8 Å². The van der Waals surface area contributed by atoms with Crippen LogP contribution in [0.2, 0.25) is 0 Å². The second-order valence-electron chi connectivity index (χ2n) is 8.06. The van der Waals surface area contributed by atoms with Crippen molar-refractivity contribution < 1.29 is 22.4 Å². The minimum atomic E-state index is -4.54. The molecule has 0 aliphatic carbocycles. The summed E-state index contributed by atoms with van der Waals surface area (Å²) in [6.45, 7) is 3.83. The summed E-state index contributed by atoms with van der Waals surface area (Å²) >= 11 is 0. The van der Waals surface area contributed by atoms with Crippen LogP contribution in [0.4, 0.5) is 17.6 Å². The van der Waals surface area contributed by atoms with Crippen molar-refractivity contribution in [3.63, 3.8) is 0 Å². The lowest BCUT2D eigenvalue weighted by atomic mass is 9.88. The lowest BCUT2D eigenvalue weighted by molar-refractivity contribution is -0.141. The van der Waals surface area contributed by atoms with E-state index in [9.17, 15) is 22.4 Å². The predicted molar refractivity (Wildman–Crippen MR) is 121 cm³/mol. The number of amides is 1. The molecule has 9 heteroatoms. The summed E-state index contributed by atoms with van der Waals surface area (Å²) in [5, 5.41) is 5.84. The number of likely N-dealkylation sites (N-methyl/N-ethyl adjacent to an activating group) is 1. The third-order valence-electron chi connectivity index (χ3n) is 5.62. The Morgan fingerprint density at radius 1 is 0.971 bits per heavy atom. The van der Waals surface area contributed by atoms with Crippen LogP contribution in [0.25, 0.3) is 0 Å². The fraction of sp³-hybridized carbons (Fsp3) is 0.320. The summed E-state index contributed by atoms with van der Waals surface area (Å²) in [6, 6.07) is 9.94. The van der Waals surface area contributed by atoms with E-state index < -0.39 is 17.9 Å². The molecule has 1 aromatic carbocycles. The molecule has 0 aliphatic rings. The standard InChI is InChI=1S/C25H26F4N4O/c1-15-12-17(6-8-21(15)26)20(18-7-9-22(33-13-18)25(27,28)29)10-11-31-23(24(34)30-3)19-5-4-16(2)32-14-19/h4-9,12-14,20,23,31H,10-11H2,1-3H3,(H,30,34)/t20-,23+/m0/s1. The Bertz CT molecular complexity index is 1120. The molecule has 5 nitrogen and oxygen atoms in total. The van der Waals surface area contributed by atoms with Crippen LogP contribution < -0.4 is 10.6 Å². The highest BCUT2D eigenvalue weighted by Gasteiger charge is 2.32. The molecule has 0 aliphatic heterocycles. The molecule has 0 radical (unpaired) electrons. The van der Waals surface area contributed by atoms with Crippen LogP contribution in [0.3, 0.4) is 0 Å². The van der Waals surface area contributed by atoms with E-state index in [1.807, 2.05) is 19.1 Å². The zero-order valence-electron chi connectivity index (χ0n) is 19.1. The smallest absolute Gasteiger partial charge is 0.358 e. The highest BCUT2D eigenvalue weighted by atomic mass is 19.4. The maximum atomic E-state index is 13.9. The molecular formula is C25H26F4N4O. The number of halogens is 4. The minimum absolute atomic E-state index is 0.240. The fourth-order valence-electron chi connectivity index (χ4n) is 3.72. The Hall–Kier alpha value is -3.33. The van der Waals surface area contributed by atoms with E-state index in [2.05, 4.69) is 20.6 Å². The van der Waals surface area contributed by atoms with E-state index in [0.717, 1.165) is 17.3 Å². The SMILES string of the molecule is CNC(=O)[C@H](NCC[C@H](c1ccc(C(F)(F)F)nc1)c1ccc(F)c(C)c1)c1ccc(C)nc1. The van der Waals surface area contributed by atoms with Crippen molar-refractivity contribution in [2.45, 2.75) is 38.4 Å². The first-order valence-electron chi connectivity index (χ1n) is 10.8. The van der Waals surface area contributed by atoms with E-state index in [0.29, 0.717) is 29.7 Å². The molecule has 2 aromatic heterocycles. The van der Waals surface area contributed by atoms with Gasteiger partial charge in [0.05, 0.1) is 0 Å². The number of hydrogen-bond acceptors (Lipinski definition) is 4. The highest BCUT2D eigenvalue weighted by molar-refractivity contribution is 5.82. The van der Waals surface area contributed by atoms with Gasteiger partial charge in [-0.1, -0.05) is 24.3 Å². The van der Waals surface area contributed by atoms with Crippen LogP contribution in [0.5, 0.6) is 0 Å². The Balaban J connectivity index is 1.85. The van der Waals surface area contributed by atoms with Crippen molar-refractivity contribution in [3.8, 4) is 0 Å². The number of alkyl halides is 3. The molecule has 3 rings (SSSR count). The van der Waals surface area contributed by atoms with Gasteiger partial charge in [-0.15, -0.1) is 0 Å². The highest BCUT2D eigenvalue weighted by Crippen LogP contribution is 2.32. The molecule has 2 N–H and O–H groups in total. The molecule has 2 heterocycles. The molecule has 3 aromatic rings. The number of nitrogens with one attached hydrogen (secondary N) is 2. The molecule has 2 atom stereocenters. The second kappa shape index (κ2) is 10.7. The molecule has 0 saturated heterocycles. The summed E-state index contributed by atoms with van der Waals surface area (Å²) in [5.74, 6) is -0.961. The third kappa shape index (κ3) is 6.17. The number of hydrogen-bond donors (Lipinski definition) is 2. The van der Waals surface area contributed by atoms with Crippen LogP contribution >= 0.6 is 0 Å². The first kappa shape index (κ1) is 25.3. The van der Waals surface area contributed by atoms with Gasteiger partial charge in [-0.25, -0.2) is 4.39 Å². The number of rotatable bonds is 8. The maximum absolute atomic E-state index is 13.9. The van der Waals surface area contributed by atoms with E-state index in [1.54, 1.807) is 25.3 Å². The number of benzene rings is 1. The van der Waals surface area contributed by atoms with Gasteiger partial charge in [-0.05, 0) is 67.3 Å². The first-order chi connectivity index (χ1) is 16.1. The van der Waals surface area contributed by atoms with Gasteiger partial charge in [0.15, 0.2) is 0 Å². The Morgan fingerprint density at radius 2 is 1.65 bits per heavy atom. The zero-order valence-corrected chi connectivity index (χ0v) is 19.1. The van der Waals surface area contributed by atoms with Crippen molar-refractivity contribution in [2.24, 2.45) is 0 Å². The van der Waals surface area contributed by atoms with Crippen LogP contribution in [0.1, 0.15) is 52.0 Å². The van der Waals surface area contributed by atoms with Crippen molar-refractivity contribution in [2.75, 3.05) is 13.6 Å². The van der Waals surface area contributed by atoms with Gasteiger partial charge in [0.2, 0.25) is 5.91 Å². The van der Waals surface area contributed by atoms with Gasteiger partial charge >= 0.3 is 6.18 Å². The number of carbonyl (C=O) groups excluding carboxylic acids is 1. The molecule has 0 unspecified atom stereocenters. The number of aromatic nitrogens is 2. The van der Waals surface area contributed by atoms with Crippen LogP contribution in [-0.2, 0) is 11.0 Å². The molecule has 0 saturated carbocycles. The third-order valence-corrected chi connectivity index (χ3v) is 5.62. The van der Waals surface area contributed by atoms with Gasteiger partial charge in [0.1, 0.15) is 17.6 Å². The van der Waals surface area contributed by atoms with E-state index in [-0.39, 0.29) is 17.6 Å². The topological polar surface area (TPSA) is 66.9 Å². The molecule has 0 bridgehead atoms. The molecule has 180 valence electrons. The summed E-state index contributed by atoms with van der Waals surface area (Å²) in [6.07, 6.45) is -1.27. The summed E-state index contributed by atoms with van der Waals surface area (Å²) < 4.78 is 52.8. The fourth-order valence-corrected chi connectivity index (χ4v) is 3.72. The number of aryl methyl sites for hydroxylation is 2. The molecule has 0 spiro atoms. The lowest BCUT2D eigenvalue weighted by Gasteiger charge is -2.22. The van der Waals surface area contributed by atoms with Gasteiger partial charge < -0.3 is 10.6 Å². The predicted octanol–water partition coefficient (Wildman–Crippen LogP) is 4.85. The first-order valence-corrected chi connectivity index (χ1v) is 10.8. The van der Waals surface area contributed by atoms with Crippen molar-refractivity contribution in [3.05, 3.63) is 94.3 Å². The summed E-state index contributed by atoms with van der Waals surface area (Å²) in [7, 11) is 1.54. The number of carbonyl (C=O) groups is 1. The molecular weight excluding hydrogens is 448 g/mol. The Labute approximate surface area is 195 Å². The average molecular weight is 475 g/mol. The van der Waals surface area contributed by atoms with Crippen LogP contribution in [0.15, 0.2) is 54.9 Å². The van der Waals surface area contributed by atoms with E-state index >= 15 is 0 Å². The van der Waals surface area contributed by atoms with Crippen LogP contribution in [0, 0.1) is 19.7 Å². The van der Waals surface area contributed by atoms with Gasteiger partial charge in [0, 0.05) is 31.1 Å². The van der Waals surface area contributed by atoms with Gasteiger partial charge in [0.25, 0.3) is 0 Å². The number of pyridine rings is 2. The summed E-state index contributed by atoms with van der Waals surface area (Å²) in [4.78, 5) is 20.3. The van der Waals surface area contributed by atoms with E-state index in [1.165, 1.54) is 25.4 Å². The second-order valence-corrected chi connectivity index (χ2v) is 8.06. The minimum Gasteiger partial charge on any atom is -0.358 e. The van der Waals surface area contributed by atoms with Crippen molar-refractivity contribution in [1.29, 1.82) is 0 Å². The lowest BCUT2D eigenvalue weighted by Crippen LogP contribution is -2.36. The normalized spacial score (nSPS) is 13.4. The number of nitrogens with zero attached hydrogens (tertiary/aromatic N) is 2. The van der Waals surface area contributed by atoms with Gasteiger partial charge in [-0.2, -0.15) is 13.2 Å². The van der Waals surface area contributed by atoms with E-state index in [4.69, 9.17) is 0 Å². The Morgan fingerprint density at radius 3 is 2.21 bits per heavy atom. The average Bonchev–Trinajstić information content (AvgIpc) is 2.81. The quantitative estimate of drug-likeness (QED) is 0.458. The summed E-state index contributed by atoms with van der Waals surface area (Å²) in [5.41, 5.74) is 2.28. The largest absolute Gasteiger partial charge is 0.433 e. The van der Waals surface area contributed by atoms with Crippen LogP contribution in [-0.4, -0.2) is 29.5 Å². The maximum Gasteiger partial charge on any atom is 0.433 e. The Kier molecular flexibility index (Phi) is 7.98. The molecule has 0 fully saturated rings. The molecule has 34 heavy (non-hydrogen) atoms. The van der Waals surface area contributed by atoms with Crippen molar-refractivity contribution >= 4 is 5.91 Å². The molecule has 1 amide bonds. The zero-order chi connectivity index (χ0) is 24.9. The monoisotopic (exact) mass is 474 g/mol. The van der Waals surface area contributed by atoms with Crippen molar-refractivity contribution in [1.82, 2.24) is 20.6 Å².